The number of hydrogen-bond acceptors (Lipinski definition) is 19. The van der Waals surface area contributed by atoms with E-state index in [0.29, 0.717) is 68.6 Å². The number of aromatic hydroxyl groups is 3. The van der Waals surface area contributed by atoms with Crippen LogP contribution in [0.1, 0.15) is 140 Å². The van der Waals surface area contributed by atoms with Gasteiger partial charge in [-0.15, -0.1) is 0 Å². The van der Waals surface area contributed by atoms with E-state index >= 15 is 0 Å². The van der Waals surface area contributed by atoms with Gasteiger partial charge in [-0.3, -0.25) is 19.2 Å². The first-order valence-electron chi connectivity index (χ1n) is 42.7. The molecular formula is C111H106N2O18. The number of oxime groups is 2. The number of hydrogen-bond donors (Lipinski definition) is 4. The van der Waals surface area contributed by atoms with Gasteiger partial charge in [0.2, 0.25) is 0 Å². The van der Waals surface area contributed by atoms with Crippen molar-refractivity contribution in [2.45, 2.75) is 71.0 Å². The number of benzene rings is 14. The van der Waals surface area contributed by atoms with E-state index in [1.54, 1.807) is 74.5 Å². The van der Waals surface area contributed by atoms with E-state index < -0.39 is 5.97 Å². The number of carboxylic acid groups (broad SMARTS) is 1. The van der Waals surface area contributed by atoms with E-state index in [9.17, 15) is 39.3 Å². The Morgan fingerprint density at radius 1 is 0.298 bits per heavy atom. The summed E-state index contributed by atoms with van der Waals surface area (Å²) in [5.74, 6) is 1.49. The Morgan fingerprint density at radius 3 is 0.901 bits per heavy atom. The molecule has 20 heteroatoms. The molecule has 131 heavy (non-hydrogen) atoms. The van der Waals surface area contributed by atoms with Crippen molar-refractivity contribution < 1.29 is 87.2 Å². The van der Waals surface area contributed by atoms with Gasteiger partial charge >= 0.3 is 23.9 Å². The predicted molar refractivity (Wildman–Crippen MR) is 509 cm³/mol. The molecule has 14 aromatic carbocycles. The summed E-state index contributed by atoms with van der Waals surface area (Å²) in [5, 5.41) is 45.4. The van der Waals surface area contributed by atoms with Crippen molar-refractivity contribution in [1.82, 2.24) is 0 Å². The molecule has 0 aliphatic carbocycles. The molecule has 3 unspecified atom stereocenters. The van der Waals surface area contributed by atoms with Crippen LogP contribution in [0.3, 0.4) is 0 Å². The van der Waals surface area contributed by atoms with Gasteiger partial charge < -0.3 is 63.3 Å². The fourth-order valence-corrected chi connectivity index (χ4v) is 13.7. The second kappa shape index (κ2) is 53.4. The van der Waals surface area contributed by atoms with Gasteiger partial charge in [0.1, 0.15) is 92.3 Å². The zero-order chi connectivity index (χ0) is 92.6. The Morgan fingerprint density at radius 2 is 0.565 bits per heavy atom. The van der Waals surface area contributed by atoms with E-state index in [2.05, 4.69) is 10.3 Å². The van der Waals surface area contributed by atoms with Crippen LogP contribution in [0.2, 0.25) is 0 Å². The van der Waals surface area contributed by atoms with Crippen molar-refractivity contribution in [3.63, 3.8) is 0 Å². The van der Waals surface area contributed by atoms with Gasteiger partial charge in [-0.25, -0.2) is 4.79 Å². The largest absolute Gasteiger partial charge is 0.508 e. The van der Waals surface area contributed by atoms with Gasteiger partial charge in [0, 0.05) is 46.1 Å². The van der Waals surface area contributed by atoms with Crippen molar-refractivity contribution in [2.24, 2.45) is 10.3 Å². The Kier molecular flexibility index (Phi) is 39.6. The second-order valence-electron chi connectivity index (χ2n) is 29.3. The van der Waals surface area contributed by atoms with E-state index in [0.717, 1.165) is 95.3 Å². The smallest absolute Gasteiger partial charge is 0.331 e. The summed E-state index contributed by atoms with van der Waals surface area (Å²) in [6, 6.07) is 119. The highest BCUT2D eigenvalue weighted by atomic mass is 16.6. The lowest BCUT2D eigenvalue weighted by Crippen LogP contribution is -2.13. The molecule has 0 amide bonds. The second-order valence-corrected chi connectivity index (χ2v) is 29.3. The molecule has 14 rings (SSSR count). The zero-order valence-corrected chi connectivity index (χ0v) is 73.7. The van der Waals surface area contributed by atoms with Crippen molar-refractivity contribution >= 4 is 46.7 Å². The van der Waals surface area contributed by atoms with Crippen LogP contribution in [-0.2, 0) is 56.3 Å². The van der Waals surface area contributed by atoms with Crippen molar-refractivity contribution in [1.29, 1.82) is 0 Å². The van der Waals surface area contributed by atoms with E-state index in [4.69, 9.17) is 47.9 Å². The van der Waals surface area contributed by atoms with Gasteiger partial charge in [0.05, 0.1) is 39.1 Å². The highest BCUT2D eigenvalue weighted by Gasteiger charge is 2.23. The Balaban J connectivity index is 0.000000178. The number of ether oxygens (including phenoxy) is 7. The van der Waals surface area contributed by atoms with Crippen LogP contribution in [0, 0.1) is 0 Å². The average Bonchev–Trinajstić information content (AvgIpc) is 0.855. The number of esters is 3. The first-order chi connectivity index (χ1) is 64.0. The number of carbonyl (C=O) groups excluding carboxylic acids is 4. The summed E-state index contributed by atoms with van der Waals surface area (Å²) in [5.41, 5.74) is 15.2. The van der Waals surface area contributed by atoms with Gasteiger partial charge in [0.15, 0.2) is 5.78 Å². The molecule has 0 saturated heterocycles. The minimum absolute atomic E-state index is 0.0306. The maximum absolute atomic E-state index is 12.3. The summed E-state index contributed by atoms with van der Waals surface area (Å²) in [6.45, 7) is 7.89. The number of phenols is 3. The molecular weight excluding hydrogens is 1650 g/mol. The van der Waals surface area contributed by atoms with Crippen LogP contribution in [0.25, 0.3) is 5.57 Å². The normalized spacial score (nSPS) is 11.6. The van der Waals surface area contributed by atoms with Crippen LogP contribution in [0.5, 0.6) is 40.2 Å². The molecule has 0 fully saturated rings. The summed E-state index contributed by atoms with van der Waals surface area (Å²) >= 11 is 0. The quantitative estimate of drug-likeness (QED) is 0.00709. The number of carbonyl (C=O) groups is 5. The lowest BCUT2D eigenvalue weighted by atomic mass is 9.88. The fourth-order valence-electron chi connectivity index (χ4n) is 13.7. The predicted octanol–water partition coefficient (Wildman–Crippen LogP) is 22.6. The maximum atomic E-state index is 12.3. The molecule has 0 aromatic heterocycles. The summed E-state index contributed by atoms with van der Waals surface area (Å²) < 4.78 is 39.0. The lowest BCUT2D eigenvalue weighted by molar-refractivity contribution is -0.144. The first kappa shape index (κ1) is 97.1. The SMILES string of the molecule is CCOC(=O)/C=C(/c1ccccc1)c1ccc(O)cc1.CCOC(=O)CC(c1ccccc1)c1ccc(O)cc1.CCOC(=O)CC(c1ccccc1)c1ccc(OCc2ccc(OC/C(=N\OC)c3ccccc3)cc2)cc1.CO/N=C(\COc1ccc(COc2ccc(C(CC(=O)O)c3ccccc3)cc2)cc1)c1ccccc1.O=C(c1ccccc1)c1ccc(O)cc1. The van der Waals surface area contributed by atoms with E-state index in [1.807, 2.05) is 316 Å². The summed E-state index contributed by atoms with van der Waals surface area (Å²) in [6.07, 6.45) is 2.09. The number of nitrogens with zero attached hydrogens (tertiary/aromatic N) is 2. The monoisotopic (exact) mass is 1750 g/mol. The molecule has 0 bridgehead atoms. The topological polar surface area (TPSA) is 274 Å². The Labute approximate surface area is 764 Å². The van der Waals surface area contributed by atoms with Crippen LogP contribution >= 0.6 is 0 Å². The zero-order valence-electron chi connectivity index (χ0n) is 73.7. The van der Waals surface area contributed by atoms with Gasteiger partial charge in [0.25, 0.3) is 0 Å². The summed E-state index contributed by atoms with van der Waals surface area (Å²) in [4.78, 5) is 69.0. The van der Waals surface area contributed by atoms with E-state index in [1.165, 1.54) is 32.4 Å². The van der Waals surface area contributed by atoms with Crippen LogP contribution in [-0.4, -0.2) is 109 Å². The number of ketones is 1. The molecule has 14 aromatic rings. The Hall–Kier alpha value is -16.1. The van der Waals surface area contributed by atoms with Gasteiger partial charge in [-0.1, -0.05) is 295 Å². The molecule has 0 aliphatic heterocycles. The molecule has 0 radical (unpaired) electrons. The summed E-state index contributed by atoms with van der Waals surface area (Å²) in [7, 11) is 3.04. The number of aliphatic carboxylic acids is 1. The highest BCUT2D eigenvalue weighted by molar-refractivity contribution is 6.09. The lowest BCUT2D eigenvalue weighted by Gasteiger charge is -2.18. The minimum Gasteiger partial charge on any atom is -0.508 e. The third-order valence-electron chi connectivity index (χ3n) is 20.2. The number of rotatable bonds is 36. The molecule has 0 heterocycles. The first-order valence-corrected chi connectivity index (χ1v) is 42.7. The standard InChI is InChI=1S/C33H33NO5.C31H29NO5.C17H18O3.C17H16O3.C13H10O2/c1-3-37-33(35)22-31(26-10-6-4-7-11-26)27-16-20-30(21-17-27)38-23-25-14-18-29(19-15-25)39-24-32(34-36-2)28-12-8-5-9-13-28;1-35-32-30(26-10-6-3-7-11-26)22-37-27-16-12-23(13-17-27)21-36-28-18-14-25(15-19-28)29(20-31(33)34)24-8-4-2-5-9-24;2*1-2-20-17(19)12-16(13-6-4-3-5-7-13)14-8-10-15(18)11-9-14;14-12-8-6-11(7-9-12)13(15)10-4-2-1-3-5-10/h4-21,31H,3,22-24H2,1-2H3;2-19,29H,20-22H2,1H3,(H,33,34);3-11,16,18H,2,12H2,1H3;3-12,18H,2H2,1H3;1-9,14H/b34-32+;32-30+;;16-12-;. The average molecular weight is 1760 g/mol. The van der Waals surface area contributed by atoms with Crippen LogP contribution < -0.4 is 18.9 Å². The van der Waals surface area contributed by atoms with Crippen LogP contribution in [0.15, 0.2) is 399 Å². The third kappa shape index (κ3) is 32.7. The van der Waals surface area contributed by atoms with E-state index in [-0.39, 0.29) is 78.1 Å². The third-order valence-corrected chi connectivity index (χ3v) is 20.2. The van der Waals surface area contributed by atoms with Gasteiger partial charge in [-0.2, -0.15) is 0 Å². The molecule has 668 valence electrons. The fraction of sp³-hybridized carbons (Fsp3) is 0.162. The molecule has 4 N–H and O–H groups in total. The maximum Gasteiger partial charge on any atom is 0.331 e. The molecule has 0 saturated carbocycles. The molecule has 0 spiro atoms. The number of phenolic OH excluding ortho intramolecular Hbond substituents is 3. The number of carboxylic acids is 1. The van der Waals surface area contributed by atoms with Crippen molar-refractivity contribution in [3.8, 4) is 40.2 Å². The Bertz CT molecular complexity index is 5840. The van der Waals surface area contributed by atoms with Crippen molar-refractivity contribution in [2.75, 3.05) is 47.3 Å². The minimum atomic E-state index is -0.830. The molecule has 20 nitrogen and oxygen atoms in total. The molecule has 3 atom stereocenters. The van der Waals surface area contributed by atoms with Crippen LogP contribution in [0.4, 0.5) is 0 Å². The van der Waals surface area contributed by atoms with Crippen molar-refractivity contribution in [3.05, 3.63) is 466 Å². The molecule has 0 aliphatic rings. The van der Waals surface area contributed by atoms with Gasteiger partial charge in [-0.05, 0) is 179 Å². The highest BCUT2D eigenvalue weighted by Crippen LogP contribution is 2.34.